The van der Waals surface area contributed by atoms with E-state index in [0.29, 0.717) is 6.61 Å². The quantitative estimate of drug-likeness (QED) is 0.281. The van der Waals surface area contributed by atoms with E-state index in [1.54, 1.807) is 0 Å². The highest BCUT2D eigenvalue weighted by molar-refractivity contribution is 5.69. The number of aryl methyl sites for hydroxylation is 4. The fourth-order valence-electron chi connectivity index (χ4n) is 4.18. The van der Waals surface area contributed by atoms with Crippen LogP contribution in [0.3, 0.4) is 0 Å². The summed E-state index contributed by atoms with van der Waals surface area (Å²) in [6.45, 7) is 9.09. The van der Waals surface area contributed by atoms with Gasteiger partial charge in [0.15, 0.2) is 0 Å². The number of ether oxygens (including phenoxy) is 2. The van der Waals surface area contributed by atoms with Gasteiger partial charge in [-0.25, -0.2) is 0 Å². The van der Waals surface area contributed by atoms with Crippen molar-refractivity contribution in [3.63, 3.8) is 0 Å². The lowest BCUT2D eigenvalue weighted by atomic mass is 9.93. The van der Waals surface area contributed by atoms with Crippen LogP contribution >= 0.6 is 0 Å². The summed E-state index contributed by atoms with van der Waals surface area (Å²) >= 11 is 0. The number of rotatable bonds is 8. The first-order valence-electron chi connectivity index (χ1n) is 11.6. The van der Waals surface area contributed by atoms with Gasteiger partial charge in [-0.1, -0.05) is 56.3 Å². The Balaban J connectivity index is 1.55. The van der Waals surface area contributed by atoms with Gasteiger partial charge < -0.3 is 9.47 Å². The molecule has 4 rings (SSSR count). The van der Waals surface area contributed by atoms with Crippen molar-refractivity contribution >= 4 is 0 Å². The van der Waals surface area contributed by atoms with Gasteiger partial charge in [-0.3, -0.25) is 4.98 Å². The molecule has 3 heteroatoms. The van der Waals surface area contributed by atoms with Gasteiger partial charge in [0.1, 0.15) is 23.9 Å². The van der Waals surface area contributed by atoms with Crippen LogP contribution in [0.2, 0.25) is 0 Å². The number of hydrogen-bond acceptors (Lipinski definition) is 3. The molecule has 0 fully saturated rings. The summed E-state index contributed by atoms with van der Waals surface area (Å²) in [6, 6.07) is 26.3. The molecule has 0 saturated carbocycles. The Labute approximate surface area is 197 Å². The Kier molecular flexibility index (Phi) is 7.09. The first kappa shape index (κ1) is 22.6. The molecule has 0 amide bonds. The molecule has 3 aromatic carbocycles. The molecular weight excluding hydrogens is 406 g/mol. The minimum atomic E-state index is 0.468. The van der Waals surface area contributed by atoms with Crippen LogP contribution in [0, 0.1) is 13.8 Å². The predicted octanol–water partition coefficient (Wildman–Crippen LogP) is 7.86. The third-order valence-corrected chi connectivity index (χ3v) is 5.98. The molecule has 0 aliphatic heterocycles. The fraction of sp³-hybridized carbons (Fsp3) is 0.233. The average Bonchev–Trinajstić information content (AvgIpc) is 2.83. The zero-order valence-electron chi connectivity index (χ0n) is 19.9. The molecule has 0 saturated heterocycles. The second kappa shape index (κ2) is 10.4. The molecule has 0 aliphatic rings. The zero-order valence-corrected chi connectivity index (χ0v) is 19.9. The maximum absolute atomic E-state index is 6.15. The van der Waals surface area contributed by atoms with Crippen molar-refractivity contribution in [3.8, 4) is 28.5 Å². The molecule has 0 unspecified atom stereocenters. The Bertz CT molecular complexity index is 1190. The maximum atomic E-state index is 6.15. The number of aromatic nitrogens is 1. The molecule has 4 aromatic rings. The SMILES string of the molecule is CCc1cccc(CC)c1-c1cc(C)c(COc2cccc(Oc3ccccc3)c2)c(C)n1. The van der Waals surface area contributed by atoms with Crippen LogP contribution in [0.4, 0.5) is 0 Å². The zero-order chi connectivity index (χ0) is 23.2. The lowest BCUT2D eigenvalue weighted by molar-refractivity contribution is 0.302. The van der Waals surface area contributed by atoms with Crippen LogP contribution < -0.4 is 9.47 Å². The van der Waals surface area contributed by atoms with Gasteiger partial charge in [-0.05, 0) is 73.7 Å². The average molecular weight is 438 g/mol. The fourth-order valence-corrected chi connectivity index (χ4v) is 4.18. The van der Waals surface area contributed by atoms with E-state index in [4.69, 9.17) is 14.5 Å². The van der Waals surface area contributed by atoms with E-state index in [0.717, 1.165) is 47.0 Å². The minimum Gasteiger partial charge on any atom is -0.489 e. The van der Waals surface area contributed by atoms with Crippen LogP contribution in [0.1, 0.15) is 41.8 Å². The highest BCUT2D eigenvalue weighted by Crippen LogP contribution is 2.31. The summed E-state index contributed by atoms with van der Waals surface area (Å²) < 4.78 is 12.1. The maximum Gasteiger partial charge on any atom is 0.131 e. The molecule has 33 heavy (non-hydrogen) atoms. The smallest absolute Gasteiger partial charge is 0.131 e. The molecule has 1 aromatic heterocycles. The van der Waals surface area contributed by atoms with Crippen molar-refractivity contribution < 1.29 is 9.47 Å². The third-order valence-electron chi connectivity index (χ3n) is 5.98. The summed E-state index contributed by atoms with van der Waals surface area (Å²) in [5.41, 5.74) is 8.37. The summed E-state index contributed by atoms with van der Waals surface area (Å²) in [6.07, 6.45) is 1.99. The molecule has 168 valence electrons. The number of pyridine rings is 1. The van der Waals surface area contributed by atoms with Gasteiger partial charge in [-0.15, -0.1) is 0 Å². The molecule has 1 heterocycles. The van der Waals surface area contributed by atoms with Crippen molar-refractivity contribution in [3.05, 3.63) is 107 Å². The van der Waals surface area contributed by atoms with Crippen LogP contribution in [0.25, 0.3) is 11.3 Å². The van der Waals surface area contributed by atoms with Crippen LogP contribution in [-0.4, -0.2) is 4.98 Å². The van der Waals surface area contributed by atoms with Crippen LogP contribution in [0.15, 0.2) is 78.9 Å². The highest BCUT2D eigenvalue weighted by Gasteiger charge is 2.14. The first-order valence-corrected chi connectivity index (χ1v) is 11.6. The molecule has 0 spiro atoms. The third kappa shape index (κ3) is 5.25. The number of para-hydroxylation sites is 1. The molecule has 3 nitrogen and oxygen atoms in total. The van der Waals surface area contributed by atoms with Gasteiger partial charge in [0.05, 0.1) is 5.69 Å². The Hall–Kier alpha value is -3.59. The summed E-state index contributed by atoms with van der Waals surface area (Å²) in [5, 5.41) is 0. The van der Waals surface area contributed by atoms with E-state index in [1.165, 1.54) is 22.3 Å². The van der Waals surface area contributed by atoms with Gasteiger partial charge in [0.2, 0.25) is 0 Å². The largest absolute Gasteiger partial charge is 0.489 e. The number of nitrogens with zero attached hydrogens (tertiary/aromatic N) is 1. The van der Waals surface area contributed by atoms with E-state index in [2.05, 4.69) is 52.0 Å². The van der Waals surface area contributed by atoms with E-state index in [-0.39, 0.29) is 0 Å². The Morgan fingerprint density at radius 3 is 2.00 bits per heavy atom. The van der Waals surface area contributed by atoms with Crippen molar-refractivity contribution in [2.45, 2.75) is 47.1 Å². The molecule has 0 radical (unpaired) electrons. The van der Waals surface area contributed by atoms with E-state index in [1.807, 2.05) is 54.6 Å². The number of benzene rings is 3. The molecule has 0 aliphatic carbocycles. The van der Waals surface area contributed by atoms with E-state index >= 15 is 0 Å². The Morgan fingerprint density at radius 2 is 1.33 bits per heavy atom. The second-order valence-electron chi connectivity index (χ2n) is 8.23. The lowest BCUT2D eigenvalue weighted by Gasteiger charge is -2.17. The van der Waals surface area contributed by atoms with Crippen molar-refractivity contribution in [1.29, 1.82) is 0 Å². The molecular formula is C30H31NO2. The highest BCUT2D eigenvalue weighted by atomic mass is 16.5. The van der Waals surface area contributed by atoms with E-state index in [9.17, 15) is 0 Å². The lowest BCUT2D eigenvalue weighted by Crippen LogP contribution is -2.05. The second-order valence-corrected chi connectivity index (χ2v) is 8.23. The summed E-state index contributed by atoms with van der Waals surface area (Å²) in [7, 11) is 0. The predicted molar refractivity (Wildman–Crippen MR) is 135 cm³/mol. The van der Waals surface area contributed by atoms with Crippen molar-refractivity contribution in [1.82, 2.24) is 4.98 Å². The molecule has 0 atom stereocenters. The topological polar surface area (TPSA) is 31.4 Å². The minimum absolute atomic E-state index is 0.468. The van der Waals surface area contributed by atoms with Crippen LogP contribution in [-0.2, 0) is 19.4 Å². The standard InChI is InChI=1S/C30H31NO2/c1-5-23-12-10-13-24(6-2)30(23)29-18-21(3)28(22(4)31-29)20-32-26-16-11-17-27(19-26)33-25-14-8-7-9-15-25/h7-19H,5-6,20H2,1-4H3. The molecule has 0 bridgehead atoms. The van der Waals surface area contributed by atoms with Gasteiger partial charge in [-0.2, -0.15) is 0 Å². The Morgan fingerprint density at radius 1 is 0.697 bits per heavy atom. The van der Waals surface area contributed by atoms with Gasteiger partial charge in [0.25, 0.3) is 0 Å². The normalized spacial score (nSPS) is 10.8. The van der Waals surface area contributed by atoms with Crippen LogP contribution in [0.5, 0.6) is 17.2 Å². The first-order chi connectivity index (χ1) is 16.1. The monoisotopic (exact) mass is 437 g/mol. The summed E-state index contributed by atoms with van der Waals surface area (Å²) in [5.74, 6) is 2.33. The van der Waals surface area contributed by atoms with Gasteiger partial charge in [0, 0.05) is 22.9 Å². The number of hydrogen-bond donors (Lipinski definition) is 0. The summed E-state index contributed by atoms with van der Waals surface area (Å²) in [4.78, 5) is 5.00. The molecule has 0 N–H and O–H groups in total. The van der Waals surface area contributed by atoms with Crippen molar-refractivity contribution in [2.24, 2.45) is 0 Å². The van der Waals surface area contributed by atoms with Crippen molar-refractivity contribution in [2.75, 3.05) is 0 Å². The van der Waals surface area contributed by atoms with E-state index < -0.39 is 0 Å². The van der Waals surface area contributed by atoms with Gasteiger partial charge >= 0.3 is 0 Å².